The highest BCUT2D eigenvalue weighted by Crippen LogP contribution is 2.49. The van der Waals surface area contributed by atoms with Crippen molar-refractivity contribution in [3.05, 3.63) is 78.6 Å². The van der Waals surface area contributed by atoms with Gasteiger partial charge in [-0.05, 0) is 37.0 Å². The van der Waals surface area contributed by atoms with E-state index in [-0.39, 0.29) is 48.6 Å². The van der Waals surface area contributed by atoms with Crippen LogP contribution in [0.2, 0.25) is 0 Å². The minimum absolute atomic E-state index is 0.0305. The molecule has 0 saturated carbocycles. The van der Waals surface area contributed by atoms with Gasteiger partial charge in [-0.2, -0.15) is 19.4 Å². The summed E-state index contributed by atoms with van der Waals surface area (Å²) in [5, 5.41) is 2.90. The number of carbonyl (C=O) groups is 2. The predicted octanol–water partition coefficient (Wildman–Crippen LogP) is 12.3. The molecule has 4 aromatic rings. The maximum absolute atomic E-state index is 15.2. The van der Waals surface area contributed by atoms with Crippen molar-refractivity contribution in [3.63, 3.8) is 0 Å². The van der Waals surface area contributed by atoms with Crippen molar-refractivity contribution in [3.8, 4) is 18.1 Å². The van der Waals surface area contributed by atoms with Gasteiger partial charge in [0.2, 0.25) is 0 Å². The van der Waals surface area contributed by atoms with E-state index in [0.29, 0.717) is 12.8 Å². The summed E-state index contributed by atoms with van der Waals surface area (Å²) in [5.74, 6) is 1.51. The van der Waals surface area contributed by atoms with E-state index in [4.69, 9.17) is 35.4 Å². The third kappa shape index (κ3) is 18.4. The number of para-hydroxylation sites is 1. The molecule has 3 N–H and O–H groups in total. The van der Waals surface area contributed by atoms with E-state index in [0.717, 1.165) is 56.9 Å². The number of halogens is 1. The van der Waals surface area contributed by atoms with Crippen LogP contribution in [0.3, 0.4) is 0 Å². The van der Waals surface area contributed by atoms with Crippen LogP contribution in [-0.2, 0) is 39.3 Å². The number of esters is 2. The standard InChI is InChI=1S/C53H76FN6O8P/c1-4-7-9-11-13-14-15-16-17-18-19-21-23-31-37-64-51(62)44(38-42-32-26-24-27-33-42)59-69(63,68-43-34-28-25-29-35-43)65-40-53(6-3)45(66-47(61)36-30-22-20-12-10-8-5-2)39-46(67-53)60-41-56-48-49(55)57-52(54)58-50(48)60/h3,24-29,32-35,41,44-46H,4-5,7-23,30-31,36-40H2,1-2H3,(H,59,63)(H2,55,57,58). The summed E-state index contributed by atoms with van der Waals surface area (Å²) in [6.07, 6.45) is 28.5. The van der Waals surface area contributed by atoms with Gasteiger partial charge in [0, 0.05) is 12.8 Å². The van der Waals surface area contributed by atoms with Crippen molar-refractivity contribution in [1.82, 2.24) is 24.6 Å². The fraction of sp³-hybridized carbons (Fsp3) is 0.604. The van der Waals surface area contributed by atoms with Gasteiger partial charge in [0.1, 0.15) is 30.7 Å². The van der Waals surface area contributed by atoms with Gasteiger partial charge in [-0.25, -0.2) is 9.55 Å². The molecular formula is C53H76FN6O8P. The first-order valence-corrected chi connectivity index (χ1v) is 27.1. The SMILES string of the molecule is C#CC1(COP(=O)(NC(Cc2ccccc2)C(=O)OCCCCCCCCCCCCCCCC)Oc2ccccc2)OC(n2cnc3c(N)nc(F)nc32)CC1OC(=O)CCCCCCCCC. The number of nitrogens with zero attached hydrogens (tertiary/aromatic N) is 4. The topological polar surface area (TPSA) is 179 Å². The normalized spacial score (nSPS) is 18.1. The number of rotatable bonds is 35. The van der Waals surface area contributed by atoms with Crippen LogP contribution >= 0.6 is 7.75 Å². The van der Waals surface area contributed by atoms with E-state index >= 15 is 4.57 Å². The Morgan fingerprint density at radius 3 is 2.01 bits per heavy atom. The van der Waals surface area contributed by atoms with Gasteiger partial charge in [-0.3, -0.25) is 18.7 Å². The van der Waals surface area contributed by atoms with Crippen LogP contribution in [0, 0.1) is 18.4 Å². The lowest BCUT2D eigenvalue weighted by Gasteiger charge is -2.31. The smallest absolute Gasteiger partial charge is 0.459 e. The molecule has 69 heavy (non-hydrogen) atoms. The summed E-state index contributed by atoms with van der Waals surface area (Å²) in [6, 6.07) is 16.5. The van der Waals surface area contributed by atoms with Gasteiger partial charge >= 0.3 is 25.8 Å². The van der Waals surface area contributed by atoms with Crippen molar-refractivity contribution in [1.29, 1.82) is 0 Å². The number of ether oxygens (including phenoxy) is 3. The third-order valence-corrected chi connectivity index (χ3v) is 14.1. The van der Waals surface area contributed by atoms with Crippen LogP contribution in [0.25, 0.3) is 11.2 Å². The number of hydrogen-bond acceptors (Lipinski definition) is 12. The summed E-state index contributed by atoms with van der Waals surface area (Å²) in [5.41, 5.74) is 5.04. The maximum atomic E-state index is 15.2. The molecule has 0 bridgehead atoms. The molecule has 2 aromatic heterocycles. The zero-order valence-electron chi connectivity index (χ0n) is 41.0. The maximum Gasteiger partial charge on any atom is 0.459 e. The number of imidazole rings is 1. The predicted molar refractivity (Wildman–Crippen MR) is 267 cm³/mol. The van der Waals surface area contributed by atoms with Crippen molar-refractivity contribution >= 4 is 36.7 Å². The molecule has 14 nitrogen and oxygen atoms in total. The first kappa shape index (κ1) is 55.1. The monoisotopic (exact) mass is 975 g/mol. The largest absolute Gasteiger partial charge is 0.465 e. The van der Waals surface area contributed by atoms with Gasteiger partial charge < -0.3 is 24.5 Å². The van der Waals surface area contributed by atoms with Gasteiger partial charge in [-0.15, -0.1) is 6.42 Å². The Labute approximate surface area is 409 Å². The highest BCUT2D eigenvalue weighted by atomic mass is 31.2. The summed E-state index contributed by atoms with van der Waals surface area (Å²) in [4.78, 5) is 39.2. The second-order valence-corrected chi connectivity index (χ2v) is 19.9. The first-order valence-electron chi connectivity index (χ1n) is 25.6. The number of nitrogen functional groups attached to an aromatic ring is 1. The van der Waals surface area contributed by atoms with Gasteiger partial charge in [0.25, 0.3) is 0 Å². The van der Waals surface area contributed by atoms with Crippen molar-refractivity contribution in [2.24, 2.45) is 0 Å². The second-order valence-electron chi connectivity index (χ2n) is 18.2. The minimum atomic E-state index is -4.57. The Kier molecular flexibility index (Phi) is 23.9. The molecule has 5 unspecified atom stereocenters. The summed E-state index contributed by atoms with van der Waals surface area (Å²) in [6.45, 7) is 3.98. The lowest BCUT2D eigenvalue weighted by Crippen LogP contribution is -2.46. The van der Waals surface area contributed by atoms with E-state index in [1.807, 2.05) is 30.3 Å². The zero-order valence-corrected chi connectivity index (χ0v) is 41.9. The lowest BCUT2D eigenvalue weighted by atomic mass is 9.98. The van der Waals surface area contributed by atoms with Gasteiger partial charge in [-0.1, -0.05) is 190 Å². The van der Waals surface area contributed by atoms with E-state index < -0.39 is 56.3 Å². The van der Waals surface area contributed by atoms with Crippen molar-refractivity contribution in [2.75, 3.05) is 18.9 Å². The lowest BCUT2D eigenvalue weighted by molar-refractivity contribution is -0.158. The van der Waals surface area contributed by atoms with E-state index in [1.165, 1.54) is 81.5 Å². The molecule has 1 fully saturated rings. The number of fused-ring (bicyclic) bond motifs is 1. The Bertz CT molecular complexity index is 2210. The molecule has 1 aliphatic heterocycles. The number of anilines is 1. The first-order chi connectivity index (χ1) is 33.6. The van der Waals surface area contributed by atoms with E-state index in [9.17, 15) is 14.0 Å². The quantitative estimate of drug-likeness (QED) is 0.0146. The Hall–Kier alpha value is -4.87. The van der Waals surface area contributed by atoms with Gasteiger partial charge in [0.05, 0.1) is 12.9 Å². The van der Waals surface area contributed by atoms with Crippen LogP contribution < -0.4 is 15.3 Å². The molecular weight excluding hydrogens is 899 g/mol. The zero-order chi connectivity index (χ0) is 49.2. The number of benzene rings is 2. The number of terminal acetylenes is 1. The van der Waals surface area contributed by atoms with Crippen LogP contribution in [0.1, 0.15) is 173 Å². The minimum Gasteiger partial charge on any atom is -0.465 e. The number of aromatic nitrogens is 4. The Morgan fingerprint density at radius 2 is 1.42 bits per heavy atom. The molecule has 0 spiro atoms. The fourth-order valence-corrected chi connectivity index (χ4v) is 10.1. The van der Waals surface area contributed by atoms with Gasteiger partial charge in [0.15, 0.2) is 22.6 Å². The Balaban J connectivity index is 1.28. The second kappa shape index (κ2) is 30.0. The molecule has 1 saturated heterocycles. The molecule has 5 atom stereocenters. The highest BCUT2D eigenvalue weighted by molar-refractivity contribution is 7.52. The van der Waals surface area contributed by atoms with Crippen molar-refractivity contribution in [2.45, 2.75) is 192 Å². The number of unbranched alkanes of at least 4 members (excludes halogenated alkanes) is 19. The third-order valence-electron chi connectivity index (χ3n) is 12.6. The van der Waals surface area contributed by atoms with E-state index in [2.05, 4.69) is 39.8 Å². The molecule has 16 heteroatoms. The number of carbonyl (C=O) groups excluding carboxylic acids is 2. The Morgan fingerprint density at radius 1 is 0.855 bits per heavy atom. The fourth-order valence-electron chi connectivity index (χ4n) is 8.60. The van der Waals surface area contributed by atoms with Crippen LogP contribution in [0.5, 0.6) is 5.75 Å². The summed E-state index contributed by atoms with van der Waals surface area (Å²) < 4.78 is 61.9. The van der Waals surface area contributed by atoms with Crippen LogP contribution in [-0.4, -0.2) is 62.4 Å². The summed E-state index contributed by atoms with van der Waals surface area (Å²) in [7, 11) is -4.57. The number of nitrogens with one attached hydrogen (secondary N) is 1. The summed E-state index contributed by atoms with van der Waals surface area (Å²) >= 11 is 0. The van der Waals surface area contributed by atoms with Crippen molar-refractivity contribution < 1.29 is 41.8 Å². The average Bonchev–Trinajstić information content (AvgIpc) is 3.94. The number of nitrogens with two attached hydrogens (primary N) is 1. The molecule has 0 aliphatic carbocycles. The molecule has 5 rings (SSSR count). The highest BCUT2D eigenvalue weighted by Gasteiger charge is 2.53. The van der Waals surface area contributed by atoms with E-state index in [1.54, 1.807) is 30.3 Å². The van der Waals surface area contributed by atoms with Crippen LogP contribution in [0.4, 0.5) is 10.2 Å². The molecule has 3 heterocycles. The average molecular weight is 975 g/mol. The number of hydrogen-bond donors (Lipinski definition) is 2. The van der Waals surface area contributed by atoms with Crippen LogP contribution in [0.15, 0.2) is 67.0 Å². The molecule has 0 amide bonds. The molecule has 2 aromatic carbocycles. The molecule has 0 radical (unpaired) electrons. The molecule has 378 valence electrons. The molecule has 1 aliphatic rings.